The van der Waals surface area contributed by atoms with E-state index in [1.807, 2.05) is 37.3 Å². The number of carbonyl (C=O) groups is 1. The minimum atomic E-state index is -3.58. The molecule has 2 saturated carbocycles. The SMILES string of the molecule is C[C@H](NS(=O)(=O)c1ccc(NC(=O)/C=C/c2ccccc2)cc1)[C@@H]1C[C@H]2CC[C@H]1C2. The van der Waals surface area contributed by atoms with Crippen molar-refractivity contribution >= 4 is 27.7 Å². The fourth-order valence-corrected chi connectivity index (χ4v) is 6.24. The zero-order chi connectivity index (χ0) is 21.1. The molecular weight excluding hydrogens is 396 g/mol. The van der Waals surface area contributed by atoms with Crippen LogP contribution in [0.3, 0.4) is 0 Å². The van der Waals surface area contributed by atoms with E-state index in [0.29, 0.717) is 17.5 Å². The Balaban J connectivity index is 1.35. The fraction of sp³-hybridized carbons (Fsp3) is 0.375. The van der Waals surface area contributed by atoms with Crippen molar-refractivity contribution in [2.75, 3.05) is 5.32 Å². The molecule has 6 heteroatoms. The smallest absolute Gasteiger partial charge is 0.248 e. The van der Waals surface area contributed by atoms with E-state index in [0.717, 1.165) is 17.9 Å². The Morgan fingerprint density at radius 1 is 1.03 bits per heavy atom. The van der Waals surface area contributed by atoms with E-state index in [4.69, 9.17) is 0 Å². The van der Waals surface area contributed by atoms with Crippen molar-refractivity contribution in [2.24, 2.45) is 17.8 Å². The number of benzene rings is 2. The Bertz CT molecular complexity index is 1020. The summed E-state index contributed by atoms with van der Waals surface area (Å²) in [4.78, 5) is 12.3. The Morgan fingerprint density at radius 3 is 2.40 bits per heavy atom. The van der Waals surface area contributed by atoms with Gasteiger partial charge in [0.1, 0.15) is 0 Å². The largest absolute Gasteiger partial charge is 0.323 e. The molecule has 5 nitrogen and oxygen atoms in total. The number of hydrogen-bond donors (Lipinski definition) is 2. The molecule has 0 saturated heterocycles. The average molecular weight is 425 g/mol. The van der Waals surface area contributed by atoms with Gasteiger partial charge in [0.05, 0.1) is 4.90 Å². The van der Waals surface area contributed by atoms with E-state index in [1.54, 1.807) is 18.2 Å². The van der Waals surface area contributed by atoms with Crippen molar-refractivity contribution in [1.29, 1.82) is 0 Å². The maximum absolute atomic E-state index is 12.8. The number of anilines is 1. The quantitative estimate of drug-likeness (QED) is 0.645. The highest BCUT2D eigenvalue weighted by molar-refractivity contribution is 7.89. The maximum Gasteiger partial charge on any atom is 0.248 e. The van der Waals surface area contributed by atoms with Gasteiger partial charge >= 0.3 is 0 Å². The summed E-state index contributed by atoms with van der Waals surface area (Å²) in [6.45, 7) is 1.98. The molecule has 2 N–H and O–H groups in total. The normalized spacial score (nSPS) is 24.2. The maximum atomic E-state index is 12.8. The summed E-state index contributed by atoms with van der Waals surface area (Å²) in [5, 5.41) is 2.75. The van der Waals surface area contributed by atoms with E-state index in [-0.39, 0.29) is 16.8 Å². The lowest BCUT2D eigenvalue weighted by atomic mass is 9.84. The molecule has 0 aliphatic heterocycles. The highest BCUT2D eigenvalue weighted by Crippen LogP contribution is 2.49. The zero-order valence-electron chi connectivity index (χ0n) is 17.1. The summed E-state index contributed by atoms with van der Waals surface area (Å²) in [5.41, 5.74) is 1.49. The van der Waals surface area contributed by atoms with Crippen molar-refractivity contribution in [3.05, 3.63) is 66.2 Å². The predicted octanol–water partition coefficient (Wildman–Crippen LogP) is 4.44. The predicted molar refractivity (Wildman–Crippen MR) is 119 cm³/mol. The lowest BCUT2D eigenvalue weighted by molar-refractivity contribution is -0.111. The molecule has 30 heavy (non-hydrogen) atoms. The number of fused-ring (bicyclic) bond motifs is 2. The number of sulfonamides is 1. The van der Waals surface area contributed by atoms with Gasteiger partial charge < -0.3 is 5.32 Å². The summed E-state index contributed by atoms with van der Waals surface area (Å²) in [6, 6.07) is 15.8. The van der Waals surface area contributed by atoms with Crippen LogP contribution < -0.4 is 10.0 Å². The van der Waals surface area contributed by atoms with Gasteiger partial charge in [0, 0.05) is 17.8 Å². The standard InChI is InChI=1S/C24H28N2O3S/c1-17(23-16-19-7-9-20(23)15-19)26-30(28,29)22-12-10-21(11-13-22)25-24(27)14-8-18-5-3-2-4-6-18/h2-6,8,10-14,17,19-20,23,26H,7,9,15-16H2,1H3,(H,25,27)/b14-8+/t17-,19-,20-,23-/m0/s1. The van der Waals surface area contributed by atoms with Crippen LogP contribution in [-0.2, 0) is 14.8 Å². The Hall–Kier alpha value is -2.44. The van der Waals surface area contributed by atoms with Crippen molar-refractivity contribution in [1.82, 2.24) is 4.72 Å². The summed E-state index contributed by atoms with van der Waals surface area (Å²) >= 11 is 0. The van der Waals surface area contributed by atoms with Crippen LogP contribution in [0.15, 0.2) is 65.6 Å². The van der Waals surface area contributed by atoms with Crippen LogP contribution >= 0.6 is 0 Å². The molecule has 2 aliphatic carbocycles. The van der Waals surface area contributed by atoms with E-state index in [9.17, 15) is 13.2 Å². The van der Waals surface area contributed by atoms with Gasteiger partial charge in [0.15, 0.2) is 0 Å². The minimum Gasteiger partial charge on any atom is -0.323 e. The summed E-state index contributed by atoms with van der Waals surface area (Å²) in [6.07, 6.45) is 8.11. The molecule has 4 rings (SSSR count). The highest BCUT2D eigenvalue weighted by atomic mass is 32.2. The summed E-state index contributed by atoms with van der Waals surface area (Å²) in [5.74, 6) is 1.62. The van der Waals surface area contributed by atoms with Gasteiger partial charge in [0.2, 0.25) is 15.9 Å². The molecule has 0 radical (unpaired) electrons. The second-order valence-corrected chi connectivity index (χ2v) is 10.2. The molecule has 2 bridgehead atoms. The molecule has 2 fully saturated rings. The molecule has 2 aromatic carbocycles. The molecule has 2 aromatic rings. The monoisotopic (exact) mass is 424 g/mol. The Morgan fingerprint density at radius 2 is 1.77 bits per heavy atom. The molecule has 158 valence electrons. The van der Waals surface area contributed by atoms with Gasteiger partial charge in [-0.15, -0.1) is 0 Å². The Kier molecular flexibility index (Phi) is 6.06. The van der Waals surface area contributed by atoms with Gasteiger partial charge in [-0.25, -0.2) is 13.1 Å². The van der Waals surface area contributed by atoms with Crippen LogP contribution in [0.1, 0.15) is 38.2 Å². The van der Waals surface area contributed by atoms with Crippen molar-refractivity contribution in [3.8, 4) is 0 Å². The highest BCUT2D eigenvalue weighted by Gasteiger charge is 2.42. The van der Waals surface area contributed by atoms with E-state index in [2.05, 4.69) is 10.0 Å². The zero-order valence-corrected chi connectivity index (χ0v) is 17.9. The molecular formula is C24H28N2O3S. The lowest BCUT2D eigenvalue weighted by Gasteiger charge is -2.28. The number of amides is 1. The van der Waals surface area contributed by atoms with Crippen molar-refractivity contribution < 1.29 is 13.2 Å². The van der Waals surface area contributed by atoms with Crippen molar-refractivity contribution in [2.45, 2.75) is 43.5 Å². The molecule has 4 atom stereocenters. The van der Waals surface area contributed by atoms with Crippen LogP contribution in [0.5, 0.6) is 0 Å². The molecule has 0 aromatic heterocycles. The van der Waals surface area contributed by atoms with Gasteiger partial charge in [-0.3, -0.25) is 4.79 Å². The lowest BCUT2D eigenvalue weighted by Crippen LogP contribution is -2.40. The second-order valence-electron chi connectivity index (χ2n) is 8.51. The molecule has 0 unspecified atom stereocenters. The number of carbonyl (C=O) groups excluding carboxylic acids is 1. The first kappa shape index (κ1) is 20.8. The van der Waals surface area contributed by atoms with E-state index >= 15 is 0 Å². The first-order chi connectivity index (χ1) is 14.4. The van der Waals surface area contributed by atoms with Crippen LogP contribution in [-0.4, -0.2) is 20.4 Å². The molecule has 0 heterocycles. The summed E-state index contributed by atoms with van der Waals surface area (Å²) < 4.78 is 28.4. The first-order valence-corrected chi connectivity index (χ1v) is 12.1. The topological polar surface area (TPSA) is 75.3 Å². The van der Waals surface area contributed by atoms with E-state index in [1.165, 1.54) is 37.5 Å². The average Bonchev–Trinajstić information content (AvgIpc) is 3.37. The van der Waals surface area contributed by atoms with E-state index < -0.39 is 10.0 Å². The summed E-state index contributed by atoms with van der Waals surface area (Å²) in [7, 11) is -3.58. The van der Waals surface area contributed by atoms with Crippen LogP contribution in [0.4, 0.5) is 5.69 Å². The van der Waals surface area contributed by atoms with Crippen LogP contribution in [0.2, 0.25) is 0 Å². The van der Waals surface area contributed by atoms with Gasteiger partial charge in [-0.05, 0) is 79.8 Å². The minimum absolute atomic E-state index is 0.0622. The van der Waals surface area contributed by atoms with Gasteiger partial charge in [-0.1, -0.05) is 36.8 Å². The van der Waals surface area contributed by atoms with Crippen molar-refractivity contribution in [3.63, 3.8) is 0 Å². The number of hydrogen-bond acceptors (Lipinski definition) is 3. The molecule has 2 aliphatic rings. The van der Waals surface area contributed by atoms with Crippen LogP contribution in [0, 0.1) is 17.8 Å². The van der Waals surface area contributed by atoms with Gasteiger partial charge in [0.25, 0.3) is 0 Å². The third-order valence-corrected chi connectivity index (χ3v) is 8.01. The molecule has 1 amide bonds. The Labute approximate surface area is 178 Å². The second kappa shape index (κ2) is 8.74. The number of rotatable bonds is 7. The number of nitrogens with one attached hydrogen (secondary N) is 2. The third-order valence-electron chi connectivity index (χ3n) is 6.43. The first-order valence-electron chi connectivity index (χ1n) is 10.6. The van der Waals surface area contributed by atoms with Gasteiger partial charge in [-0.2, -0.15) is 0 Å². The third kappa shape index (κ3) is 4.82. The van der Waals surface area contributed by atoms with Crippen LogP contribution in [0.25, 0.3) is 6.08 Å². The molecule has 0 spiro atoms. The fourth-order valence-electron chi connectivity index (χ4n) is 4.94.